The van der Waals surface area contributed by atoms with Gasteiger partial charge in [-0.2, -0.15) is 0 Å². The molecule has 2 nitrogen and oxygen atoms in total. The van der Waals surface area contributed by atoms with Crippen LogP contribution in [0.25, 0.3) is 0 Å². The summed E-state index contributed by atoms with van der Waals surface area (Å²) in [5, 5.41) is 8.68. The van der Waals surface area contributed by atoms with Crippen LogP contribution in [0.3, 0.4) is 0 Å². The van der Waals surface area contributed by atoms with Gasteiger partial charge < -0.3 is 5.11 Å². The SMILES string of the molecule is CC(C)=CCc1ccc(C(=O)O)cc1. The van der Waals surface area contributed by atoms with Crippen LogP contribution in [0.4, 0.5) is 0 Å². The molecule has 0 radical (unpaired) electrons. The van der Waals surface area contributed by atoms with Gasteiger partial charge in [0, 0.05) is 0 Å². The fourth-order valence-corrected chi connectivity index (χ4v) is 1.11. The molecule has 0 aliphatic heterocycles. The zero-order chi connectivity index (χ0) is 10.6. The van der Waals surface area contributed by atoms with E-state index in [9.17, 15) is 4.79 Å². The quantitative estimate of drug-likeness (QED) is 0.744. The van der Waals surface area contributed by atoms with Crippen molar-refractivity contribution < 1.29 is 9.90 Å². The molecule has 0 saturated heterocycles. The second-order valence-electron chi connectivity index (χ2n) is 3.49. The predicted octanol–water partition coefficient (Wildman–Crippen LogP) is 2.89. The smallest absolute Gasteiger partial charge is 0.335 e. The monoisotopic (exact) mass is 190 g/mol. The Kier molecular flexibility index (Phi) is 3.46. The van der Waals surface area contributed by atoms with Crippen molar-refractivity contribution in [3.05, 3.63) is 47.0 Å². The van der Waals surface area contributed by atoms with Crippen molar-refractivity contribution in [3.8, 4) is 0 Å². The molecule has 1 aromatic rings. The first-order valence-corrected chi connectivity index (χ1v) is 4.55. The van der Waals surface area contributed by atoms with Gasteiger partial charge in [0.05, 0.1) is 5.56 Å². The second-order valence-corrected chi connectivity index (χ2v) is 3.49. The minimum absolute atomic E-state index is 0.339. The van der Waals surface area contributed by atoms with Crippen LogP contribution < -0.4 is 0 Å². The van der Waals surface area contributed by atoms with E-state index in [-0.39, 0.29) is 0 Å². The molecule has 0 aliphatic rings. The molecule has 0 amide bonds. The summed E-state index contributed by atoms with van der Waals surface area (Å²) in [6.07, 6.45) is 2.98. The molecule has 0 heterocycles. The van der Waals surface area contributed by atoms with E-state index >= 15 is 0 Å². The third-order valence-corrected chi connectivity index (χ3v) is 1.95. The van der Waals surface area contributed by atoms with Gasteiger partial charge in [0.2, 0.25) is 0 Å². The maximum Gasteiger partial charge on any atom is 0.335 e. The molecule has 0 aliphatic carbocycles. The van der Waals surface area contributed by atoms with Crippen LogP contribution in [0.1, 0.15) is 29.8 Å². The highest BCUT2D eigenvalue weighted by Gasteiger charge is 2.00. The molecule has 74 valence electrons. The zero-order valence-electron chi connectivity index (χ0n) is 8.45. The van der Waals surface area contributed by atoms with Gasteiger partial charge in [-0.25, -0.2) is 4.79 Å². The number of hydrogen-bond acceptors (Lipinski definition) is 1. The molecule has 0 unspecified atom stereocenters. The first kappa shape index (κ1) is 10.5. The molecule has 1 aromatic carbocycles. The Hall–Kier alpha value is -1.57. The van der Waals surface area contributed by atoms with Crippen LogP contribution in [0, 0.1) is 0 Å². The second kappa shape index (κ2) is 4.61. The van der Waals surface area contributed by atoms with Crippen molar-refractivity contribution in [2.24, 2.45) is 0 Å². The highest BCUT2D eigenvalue weighted by atomic mass is 16.4. The molecule has 0 atom stereocenters. The van der Waals surface area contributed by atoms with Crippen molar-refractivity contribution in [1.82, 2.24) is 0 Å². The third kappa shape index (κ3) is 3.05. The highest BCUT2D eigenvalue weighted by Crippen LogP contribution is 2.06. The van der Waals surface area contributed by atoms with Crippen LogP contribution in [0.15, 0.2) is 35.9 Å². The lowest BCUT2D eigenvalue weighted by atomic mass is 10.1. The molecule has 1 N–H and O–H groups in total. The first-order chi connectivity index (χ1) is 6.59. The Bertz CT molecular complexity index is 343. The number of allylic oxidation sites excluding steroid dienone is 2. The number of carboxylic acid groups (broad SMARTS) is 1. The molecule has 14 heavy (non-hydrogen) atoms. The van der Waals surface area contributed by atoms with Crippen LogP contribution in [0.5, 0.6) is 0 Å². The van der Waals surface area contributed by atoms with E-state index in [1.807, 2.05) is 26.0 Å². The summed E-state index contributed by atoms with van der Waals surface area (Å²) in [6.45, 7) is 4.09. The molecular formula is C12H14O2. The van der Waals surface area contributed by atoms with E-state index in [4.69, 9.17) is 5.11 Å². The van der Waals surface area contributed by atoms with E-state index in [2.05, 4.69) is 6.08 Å². The zero-order valence-corrected chi connectivity index (χ0v) is 8.45. The number of hydrogen-bond donors (Lipinski definition) is 1. The lowest BCUT2D eigenvalue weighted by Crippen LogP contribution is -1.95. The van der Waals surface area contributed by atoms with Crippen molar-refractivity contribution in [2.45, 2.75) is 20.3 Å². The number of carbonyl (C=O) groups is 1. The fraction of sp³-hybridized carbons (Fsp3) is 0.250. The van der Waals surface area contributed by atoms with Crippen LogP contribution >= 0.6 is 0 Å². The topological polar surface area (TPSA) is 37.3 Å². The standard InChI is InChI=1S/C12H14O2/c1-9(2)3-4-10-5-7-11(8-6-10)12(13)14/h3,5-8H,4H2,1-2H3,(H,13,14). The maximum absolute atomic E-state index is 10.6. The van der Waals surface area contributed by atoms with Gasteiger partial charge in [0.15, 0.2) is 0 Å². The van der Waals surface area contributed by atoms with E-state index < -0.39 is 5.97 Å². The van der Waals surface area contributed by atoms with Crippen LogP contribution in [0.2, 0.25) is 0 Å². The van der Waals surface area contributed by atoms with Crippen LogP contribution in [-0.2, 0) is 6.42 Å². The lowest BCUT2D eigenvalue weighted by Gasteiger charge is -1.98. The van der Waals surface area contributed by atoms with E-state index in [1.165, 1.54) is 5.57 Å². The Morgan fingerprint density at radius 1 is 1.29 bits per heavy atom. The summed E-state index contributed by atoms with van der Waals surface area (Å²) in [5.74, 6) is -0.876. The average molecular weight is 190 g/mol. The molecule has 2 heteroatoms. The van der Waals surface area contributed by atoms with Crippen molar-refractivity contribution in [3.63, 3.8) is 0 Å². The Labute approximate surface area is 83.9 Å². The summed E-state index contributed by atoms with van der Waals surface area (Å²) in [4.78, 5) is 10.6. The molecule has 0 saturated carbocycles. The van der Waals surface area contributed by atoms with Gasteiger partial charge in [0.25, 0.3) is 0 Å². The van der Waals surface area contributed by atoms with Crippen molar-refractivity contribution in [1.29, 1.82) is 0 Å². The Morgan fingerprint density at radius 2 is 1.86 bits per heavy atom. The summed E-state index contributed by atoms with van der Waals surface area (Å²) in [5.41, 5.74) is 2.74. The van der Waals surface area contributed by atoms with Gasteiger partial charge in [0.1, 0.15) is 0 Å². The van der Waals surface area contributed by atoms with Crippen molar-refractivity contribution >= 4 is 5.97 Å². The first-order valence-electron chi connectivity index (χ1n) is 4.55. The molecule has 1 rings (SSSR count). The summed E-state index contributed by atoms with van der Waals surface area (Å²) in [6, 6.07) is 6.97. The number of rotatable bonds is 3. The fourth-order valence-electron chi connectivity index (χ4n) is 1.11. The maximum atomic E-state index is 10.6. The van der Waals surface area contributed by atoms with Gasteiger partial charge in [-0.1, -0.05) is 23.8 Å². The molecule has 0 spiro atoms. The van der Waals surface area contributed by atoms with Gasteiger partial charge in [-0.05, 0) is 38.0 Å². The summed E-state index contributed by atoms with van der Waals surface area (Å²) in [7, 11) is 0. The van der Waals surface area contributed by atoms with Gasteiger partial charge >= 0.3 is 5.97 Å². The van der Waals surface area contributed by atoms with Gasteiger partial charge in [-0.15, -0.1) is 0 Å². The highest BCUT2D eigenvalue weighted by molar-refractivity contribution is 5.87. The number of carboxylic acids is 1. The van der Waals surface area contributed by atoms with Crippen molar-refractivity contribution in [2.75, 3.05) is 0 Å². The normalized spacial score (nSPS) is 9.57. The summed E-state index contributed by atoms with van der Waals surface area (Å²) < 4.78 is 0. The minimum Gasteiger partial charge on any atom is -0.478 e. The molecule has 0 bridgehead atoms. The third-order valence-electron chi connectivity index (χ3n) is 1.95. The predicted molar refractivity (Wildman–Crippen MR) is 56.5 cm³/mol. The minimum atomic E-state index is -0.876. The Morgan fingerprint density at radius 3 is 2.29 bits per heavy atom. The molecule has 0 aromatic heterocycles. The Balaban J connectivity index is 2.74. The lowest BCUT2D eigenvalue weighted by molar-refractivity contribution is 0.0697. The average Bonchev–Trinajstić information content (AvgIpc) is 2.15. The molecule has 0 fully saturated rings. The molecular weight excluding hydrogens is 176 g/mol. The van der Waals surface area contributed by atoms with E-state index in [0.717, 1.165) is 12.0 Å². The van der Waals surface area contributed by atoms with Gasteiger partial charge in [-0.3, -0.25) is 0 Å². The van der Waals surface area contributed by atoms with Crippen LogP contribution in [-0.4, -0.2) is 11.1 Å². The summed E-state index contributed by atoms with van der Waals surface area (Å²) >= 11 is 0. The van der Waals surface area contributed by atoms with E-state index in [0.29, 0.717) is 5.56 Å². The number of aromatic carboxylic acids is 1. The largest absolute Gasteiger partial charge is 0.478 e. The van der Waals surface area contributed by atoms with E-state index in [1.54, 1.807) is 12.1 Å². The number of benzene rings is 1.